The summed E-state index contributed by atoms with van der Waals surface area (Å²) in [4.78, 5) is 11.6. The van der Waals surface area contributed by atoms with Crippen LogP contribution >= 0.6 is 11.3 Å². The Morgan fingerprint density at radius 1 is 0.950 bits per heavy atom. The van der Waals surface area contributed by atoms with Gasteiger partial charge in [0.2, 0.25) is 0 Å². The van der Waals surface area contributed by atoms with Gasteiger partial charge in [0.15, 0.2) is 5.13 Å². The number of rotatable bonds is 2. The standard InChI is InChI=1S/C16H13N3S/c1-2-6-12(7-3-1)15-17-10-11-19(15)16-18-13-8-4-5-9-14(13)20-16/h1-9H,10-11H2. The zero-order valence-electron chi connectivity index (χ0n) is 10.9. The Balaban J connectivity index is 1.76. The molecular weight excluding hydrogens is 266 g/mol. The van der Waals surface area contributed by atoms with Gasteiger partial charge in [-0.2, -0.15) is 0 Å². The minimum Gasteiger partial charge on any atom is -0.300 e. The first-order valence-electron chi connectivity index (χ1n) is 6.65. The summed E-state index contributed by atoms with van der Waals surface area (Å²) in [7, 11) is 0. The van der Waals surface area contributed by atoms with Crippen LogP contribution < -0.4 is 4.90 Å². The zero-order valence-corrected chi connectivity index (χ0v) is 11.7. The zero-order chi connectivity index (χ0) is 13.4. The lowest BCUT2D eigenvalue weighted by atomic mass is 10.2. The van der Waals surface area contributed by atoms with E-state index < -0.39 is 0 Å². The van der Waals surface area contributed by atoms with Crippen LogP contribution in [-0.4, -0.2) is 23.9 Å². The number of benzene rings is 2. The minimum absolute atomic E-state index is 0.833. The molecule has 4 rings (SSSR count). The number of hydrogen-bond donors (Lipinski definition) is 0. The van der Waals surface area contributed by atoms with Crippen molar-refractivity contribution in [2.75, 3.05) is 18.0 Å². The molecule has 0 aliphatic carbocycles. The topological polar surface area (TPSA) is 28.5 Å². The summed E-state index contributed by atoms with van der Waals surface area (Å²) in [5, 5.41) is 1.03. The monoisotopic (exact) mass is 279 g/mol. The van der Waals surface area contributed by atoms with Crippen molar-refractivity contribution in [3.8, 4) is 0 Å². The van der Waals surface area contributed by atoms with Crippen LogP contribution in [0.15, 0.2) is 59.6 Å². The van der Waals surface area contributed by atoms with Gasteiger partial charge in [-0.1, -0.05) is 53.8 Å². The second-order valence-electron chi connectivity index (χ2n) is 4.69. The fraction of sp³-hybridized carbons (Fsp3) is 0.125. The van der Waals surface area contributed by atoms with Crippen molar-refractivity contribution < 1.29 is 0 Å². The highest BCUT2D eigenvalue weighted by Crippen LogP contribution is 2.30. The quantitative estimate of drug-likeness (QED) is 0.717. The molecule has 98 valence electrons. The maximum Gasteiger partial charge on any atom is 0.192 e. The summed E-state index contributed by atoms with van der Waals surface area (Å²) in [6.45, 7) is 1.74. The van der Waals surface area contributed by atoms with E-state index in [1.807, 2.05) is 24.3 Å². The smallest absolute Gasteiger partial charge is 0.192 e. The molecule has 1 aliphatic heterocycles. The highest BCUT2D eigenvalue weighted by molar-refractivity contribution is 7.22. The van der Waals surface area contributed by atoms with Crippen molar-refractivity contribution in [3.05, 3.63) is 60.2 Å². The number of amidine groups is 1. The Morgan fingerprint density at radius 2 is 1.75 bits per heavy atom. The summed E-state index contributed by atoms with van der Waals surface area (Å²) in [5.41, 5.74) is 2.22. The molecule has 0 N–H and O–H groups in total. The van der Waals surface area contributed by atoms with E-state index in [1.54, 1.807) is 11.3 Å². The first-order valence-corrected chi connectivity index (χ1v) is 7.46. The third-order valence-electron chi connectivity index (χ3n) is 3.39. The summed E-state index contributed by atoms with van der Waals surface area (Å²) in [6.07, 6.45) is 0. The van der Waals surface area contributed by atoms with Gasteiger partial charge in [0.1, 0.15) is 5.84 Å². The van der Waals surface area contributed by atoms with E-state index in [4.69, 9.17) is 4.98 Å². The maximum atomic E-state index is 4.73. The summed E-state index contributed by atoms with van der Waals surface area (Å²) < 4.78 is 1.22. The van der Waals surface area contributed by atoms with E-state index >= 15 is 0 Å². The van der Waals surface area contributed by atoms with E-state index in [2.05, 4.69) is 40.2 Å². The molecule has 2 heterocycles. The van der Waals surface area contributed by atoms with Crippen molar-refractivity contribution in [1.82, 2.24) is 4.98 Å². The second-order valence-corrected chi connectivity index (χ2v) is 5.70. The van der Waals surface area contributed by atoms with E-state index in [9.17, 15) is 0 Å². The number of fused-ring (bicyclic) bond motifs is 1. The molecule has 0 saturated carbocycles. The minimum atomic E-state index is 0.833. The molecule has 3 nitrogen and oxygen atoms in total. The second kappa shape index (κ2) is 4.72. The fourth-order valence-electron chi connectivity index (χ4n) is 2.44. The molecule has 0 atom stereocenters. The highest BCUT2D eigenvalue weighted by atomic mass is 32.1. The van der Waals surface area contributed by atoms with Crippen molar-refractivity contribution in [3.63, 3.8) is 0 Å². The van der Waals surface area contributed by atoms with Crippen LogP contribution in [0, 0.1) is 0 Å². The van der Waals surface area contributed by atoms with Crippen LogP contribution in [0.3, 0.4) is 0 Å². The Hall–Kier alpha value is -2.20. The van der Waals surface area contributed by atoms with Crippen molar-refractivity contribution in [2.24, 2.45) is 4.99 Å². The maximum absolute atomic E-state index is 4.73. The third-order valence-corrected chi connectivity index (χ3v) is 4.45. The van der Waals surface area contributed by atoms with Crippen LogP contribution in [0.1, 0.15) is 5.56 Å². The van der Waals surface area contributed by atoms with E-state index in [-0.39, 0.29) is 0 Å². The summed E-state index contributed by atoms with van der Waals surface area (Å²) in [5.74, 6) is 1.03. The van der Waals surface area contributed by atoms with Crippen molar-refractivity contribution in [2.45, 2.75) is 0 Å². The van der Waals surface area contributed by atoms with Gasteiger partial charge < -0.3 is 4.90 Å². The highest BCUT2D eigenvalue weighted by Gasteiger charge is 2.22. The number of hydrogen-bond acceptors (Lipinski definition) is 4. The fourth-order valence-corrected chi connectivity index (χ4v) is 3.44. The molecule has 1 aromatic heterocycles. The predicted molar refractivity (Wildman–Crippen MR) is 84.8 cm³/mol. The van der Waals surface area contributed by atoms with Crippen molar-refractivity contribution >= 4 is 32.5 Å². The Kier molecular flexibility index (Phi) is 2.74. The van der Waals surface area contributed by atoms with Crippen LogP contribution in [0.4, 0.5) is 5.13 Å². The van der Waals surface area contributed by atoms with E-state index in [1.165, 1.54) is 4.70 Å². The van der Waals surface area contributed by atoms with Gasteiger partial charge in [-0.25, -0.2) is 4.98 Å². The Labute approximate surface area is 121 Å². The number of aromatic nitrogens is 1. The number of nitrogens with zero attached hydrogens (tertiary/aromatic N) is 3. The molecule has 4 heteroatoms. The lowest BCUT2D eigenvalue weighted by Crippen LogP contribution is -2.27. The van der Waals surface area contributed by atoms with Gasteiger partial charge in [-0.3, -0.25) is 4.99 Å². The van der Waals surface area contributed by atoms with Gasteiger partial charge >= 0.3 is 0 Å². The first-order chi connectivity index (χ1) is 9.92. The van der Waals surface area contributed by atoms with Gasteiger partial charge in [-0.05, 0) is 12.1 Å². The molecule has 0 radical (unpaired) electrons. The molecule has 0 fully saturated rings. The number of thiazole rings is 1. The molecule has 0 amide bonds. The molecule has 3 aromatic rings. The SMILES string of the molecule is c1ccc(C2=NCCN2c2nc3ccccc3s2)cc1. The van der Waals surface area contributed by atoms with Gasteiger partial charge in [0.25, 0.3) is 0 Å². The number of anilines is 1. The van der Waals surface area contributed by atoms with Gasteiger partial charge in [-0.15, -0.1) is 0 Å². The van der Waals surface area contributed by atoms with Gasteiger partial charge in [0, 0.05) is 12.1 Å². The van der Waals surface area contributed by atoms with E-state index in [0.29, 0.717) is 0 Å². The average molecular weight is 279 g/mol. The molecule has 2 aromatic carbocycles. The van der Waals surface area contributed by atoms with Crippen LogP contribution in [0.25, 0.3) is 10.2 Å². The number of aliphatic imine (C=N–C) groups is 1. The lowest BCUT2D eigenvalue weighted by Gasteiger charge is -2.16. The Morgan fingerprint density at radius 3 is 2.60 bits per heavy atom. The van der Waals surface area contributed by atoms with E-state index in [0.717, 1.165) is 35.1 Å². The molecule has 0 unspecified atom stereocenters. The molecule has 1 aliphatic rings. The summed E-state index contributed by atoms with van der Waals surface area (Å²) in [6, 6.07) is 18.6. The predicted octanol–water partition coefficient (Wildman–Crippen LogP) is 3.56. The molecule has 0 saturated heterocycles. The van der Waals surface area contributed by atoms with Crippen LogP contribution in [0.5, 0.6) is 0 Å². The molecule has 0 spiro atoms. The first kappa shape index (κ1) is 11.6. The molecule has 20 heavy (non-hydrogen) atoms. The third kappa shape index (κ3) is 1.89. The molecular formula is C16H13N3S. The Bertz CT molecular complexity index is 744. The normalized spacial score (nSPS) is 14.8. The average Bonchev–Trinajstić information content (AvgIpc) is 3.14. The molecule has 0 bridgehead atoms. The van der Waals surface area contributed by atoms with Crippen LogP contribution in [-0.2, 0) is 0 Å². The lowest BCUT2D eigenvalue weighted by molar-refractivity contribution is 1.02. The van der Waals surface area contributed by atoms with Crippen LogP contribution in [0.2, 0.25) is 0 Å². The van der Waals surface area contributed by atoms with Crippen molar-refractivity contribution in [1.29, 1.82) is 0 Å². The van der Waals surface area contributed by atoms with Gasteiger partial charge in [0.05, 0.1) is 16.8 Å². The largest absolute Gasteiger partial charge is 0.300 e. The number of para-hydroxylation sites is 1. The summed E-state index contributed by atoms with van der Waals surface area (Å²) >= 11 is 1.73.